The number of benzene rings is 2. The summed E-state index contributed by atoms with van der Waals surface area (Å²) in [6.07, 6.45) is 8.30. The molecule has 0 radical (unpaired) electrons. The number of nitrogens with one attached hydrogen (secondary N) is 1. The van der Waals surface area contributed by atoms with Gasteiger partial charge < -0.3 is 4.74 Å². The highest BCUT2D eigenvalue weighted by molar-refractivity contribution is 7.15. The van der Waals surface area contributed by atoms with Gasteiger partial charge in [0.1, 0.15) is 23.5 Å². The van der Waals surface area contributed by atoms with Crippen LogP contribution in [0.1, 0.15) is 92.4 Å². The third kappa shape index (κ3) is 7.74. The first-order valence-electron chi connectivity index (χ1n) is 17.7. The molecule has 12 nitrogen and oxygen atoms in total. The summed E-state index contributed by atoms with van der Waals surface area (Å²) in [6.45, 7) is 5.39. The quantitative estimate of drug-likeness (QED) is 0.0869. The van der Waals surface area contributed by atoms with Gasteiger partial charge in [0.25, 0.3) is 5.91 Å². The molecule has 5 heterocycles. The number of hydrogen-bond acceptors (Lipinski definition) is 9. The Morgan fingerprint density at radius 1 is 1.06 bits per heavy atom. The smallest absolute Gasteiger partial charge is 0.261 e. The summed E-state index contributed by atoms with van der Waals surface area (Å²) in [5.74, 6) is 6.85. The number of aryl methyl sites for hydroxylation is 4. The Morgan fingerprint density at radius 3 is 2.72 bits per heavy atom. The minimum Gasteiger partial charge on any atom is -0.369 e. The number of carbonyl (C=O) groups is 4. The molecule has 7 rings (SSSR count). The number of piperidine rings is 1. The van der Waals surface area contributed by atoms with Gasteiger partial charge >= 0.3 is 0 Å². The van der Waals surface area contributed by atoms with Gasteiger partial charge in [-0.1, -0.05) is 66.8 Å². The third-order valence-electron chi connectivity index (χ3n) is 9.65. The number of thiophene rings is 1. The fraction of sp³-hybridized carbons (Fsp3) is 0.325. The molecular weight excluding hydrogens is 691 g/mol. The highest BCUT2D eigenvalue weighted by Gasteiger charge is 2.36. The van der Waals surface area contributed by atoms with Crippen molar-refractivity contribution in [2.75, 3.05) is 0 Å². The van der Waals surface area contributed by atoms with Gasteiger partial charge in [0, 0.05) is 30.3 Å². The van der Waals surface area contributed by atoms with Gasteiger partial charge in [0.2, 0.25) is 18.2 Å². The van der Waals surface area contributed by atoms with Crippen LogP contribution in [0.15, 0.2) is 60.9 Å². The molecule has 3 aromatic heterocycles. The Hall–Kier alpha value is -5.71. The topological polar surface area (TPSA) is 141 Å². The Kier molecular flexibility index (Phi) is 10.7. The molecular formula is C40H39N7O5S. The lowest BCUT2D eigenvalue weighted by Crippen LogP contribution is -2.54. The van der Waals surface area contributed by atoms with Gasteiger partial charge in [-0.3, -0.25) is 38.6 Å². The summed E-state index contributed by atoms with van der Waals surface area (Å²) in [4.78, 5) is 51.5. The maximum absolute atomic E-state index is 13.6. The molecule has 1 N–H and O–H groups in total. The van der Waals surface area contributed by atoms with Crippen LogP contribution >= 0.6 is 11.3 Å². The number of nitrogens with zero attached hydrogens (tertiary/aromatic N) is 6. The first kappa shape index (κ1) is 35.7. The molecule has 2 aromatic carbocycles. The Labute approximate surface area is 311 Å². The molecule has 5 aromatic rings. The monoisotopic (exact) mass is 729 g/mol. The predicted octanol–water partition coefficient (Wildman–Crippen LogP) is 4.98. The van der Waals surface area contributed by atoms with Crippen LogP contribution in [0.25, 0.3) is 5.00 Å². The summed E-state index contributed by atoms with van der Waals surface area (Å²) >= 11 is 1.64. The number of aromatic nitrogens is 5. The van der Waals surface area contributed by atoms with Gasteiger partial charge in [0.05, 0.1) is 23.2 Å². The number of fused-ring (bicyclic) bond motifs is 3. The molecule has 1 fully saturated rings. The van der Waals surface area contributed by atoms with E-state index >= 15 is 0 Å². The third-order valence-corrected chi connectivity index (χ3v) is 10.8. The number of unbranched alkanes of at least 4 members (excludes halogenated alkanes) is 2. The van der Waals surface area contributed by atoms with Crippen molar-refractivity contribution in [3.8, 4) is 16.8 Å². The molecule has 1 saturated heterocycles. The lowest BCUT2D eigenvalue weighted by atomic mass is 9.95. The van der Waals surface area contributed by atoms with Crippen molar-refractivity contribution < 1.29 is 23.9 Å². The van der Waals surface area contributed by atoms with Gasteiger partial charge in [-0.15, -0.1) is 21.5 Å². The minimum absolute atomic E-state index is 0.0757. The molecule has 0 spiro atoms. The zero-order valence-corrected chi connectivity index (χ0v) is 30.4. The van der Waals surface area contributed by atoms with Crippen molar-refractivity contribution in [2.24, 2.45) is 0 Å². The van der Waals surface area contributed by atoms with Crippen LogP contribution in [0.3, 0.4) is 0 Å². The maximum atomic E-state index is 13.6. The molecule has 53 heavy (non-hydrogen) atoms. The second-order valence-electron chi connectivity index (χ2n) is 13.3. The molecule has 13 heteroatoms. The number of rotatable bonds is 11. The molecule has 0 saturated carbocycles. The van der Waals surface area contributed by atoms with Crippen LogP contribution < -0.4 is 5.32 Å². The van der Waals surface area contributed by atoms with E-state index in [1.807, 2.05) is 49.0 Å². The van der Waals surface area contributed by atoms with Gasteiger partial charge in [-0.25, -0.2) is 0 Å². The zero-order chi connectivity index (χ0) is 36.9. The van der Waals surface area contributed by atoms with Crippen molar-refractivity contribution in [3.63, 3.8) is 0 Å². The van der Waals surface area contributed by atoms with Crippen molar-refractivity contribution in [1.82, 2.24) is 34.8 Å². The van der Waals surface area contributed by atoms with E-state index in [0.29, 0.717) is 31.6 Å². The second kappa shape index (κ2) is 15.9. The van der Waals surface area contributed by atoms with E-state index in [0.717, 1.165) is 86.5 Å². The fourth-order valence-corrected chi connectivity index (χ4v) is 8.19. The normalized spacial score (nSPS) is 15.1. The molecule has 1 unspecified atom stereocenters. The summed E-state index contributed by atoms with van der Waals surface area (Å²) in [7, 11) is 0. The molecule has 2 aliphatic rings. The van der Waals surface area contributed by atoms with E-state index in [1.165, 1.54) is 5.56 Å². The molecule has 4 amide bonds. The van der Waals surface area contributed by atoms with E-state index in [9.17, 15) is 19.2 Å². The average Bonchev–Trinajstić information content (AvgIpc) is 3.82. The number of ether oxygens (including phenoxy) is 1. The Bertz CT molecular complexity index is 2240. The Morgan fingerprint density at radius 2 is 1.91 bits per heavy atom. The standard InChI is InChI=1S/C40H39N7O5S/c1-26-10-9-14-30(37(26)39(51)46(25-48)33-16-18-36(49)42-38(33)50)13-7-4-8-19-45-22-29(21-41-45)15-17-34-31(20-28-11-5-3-6-12-28)32-23-52-24-35-44-43-27(2)47(35)40(32)53-34/h3,5-6,9-12,14,21-22,25,33H,4,7-8,13,16,18-20,23-24H2,1-2H3,(H,42,49,50). The summed E-state index contributed by atoms with van der Waals surface area (Å²) in [6, 6.07) is 15.0. The van der Waals surface area contributed by atoms with Crippen LogP contribution in [0, 0.1) is 25.7 Å². The van der Waals surface area contributed by atoms with E-state index in [2.05, 4.69) is 61.3 Å². The van der Waals surface area contributed by atoms with E-state index in [1.54, 1.807) is 17.5 Å². The second-order valence-corrected chi connectivity index (χ2v) is 14.3. The van der Waals surface area contributed by atoms with Crippen LogP contribution in [-0.2, 0) is 51.7 Å². The van der Waals surface area contributed by atoms with Crippen molar-refractivity contribution in [2.45, 2.75) is 84.6 Å². The molecule has 0 bridgehead atoms. The van der Waals surface area contributed by atoms with Gasteiger partial charge in [-0.05, 0) is 68.2 Å². The summed E-state index contributed by atoms with van der Waals surface area (Å²) in [5.41, 5.74) is 6.30. The van der Waals surface area contributed by atoms with Gasteiger partial charge in [-0.2, -0.15) is 5.10 Å². The number of amides is 4. The Balaban J connectivity index is 0.997. The van der Waals surface area contributed by atoms with Crippen LogP contribution in [0.4, 0.5) is 0 Å². The SMILES string of the molecule is Cc1cccc(CCCCCn2cc(C#Cc3sc4c(c3Cc3ccccc3)COCc3nnc(C)n3-4)cn2)c1C(=O)N(C=O)C1CCC(=O)NC1=O. The number of hydrogen-bond donors (Lipinski definition) is 1. The summed E-state index contributed by atoms with van der Waals surface area (Å²) in [5, 5.41) is 16.5. The highest BCUT2D eigenvalue weighted by atomic mass is 32.1. The van der Waals surface area contributed by atoms with E-state index < -0.39 is 23.8 Å². The van der Waals surface area contributed by atoms with E-state index in [4.69, 9.17) is 4.74 Å². The lowest BCUT2D eigenvalue weighted by molar-refractivity contribution is -0.139. The fourth-order valence-electron chi connectivity index (χ4n) is 6.94. The van der Waals surface area contributed by atoms with Crippen molar-refractivity contribution >= 4 is 35.5 Å². The van der Waals surface area contributed by atoms with Crippen LogP contribution in [0.2, 0.25) is 0 Å². The molecule has 2 aliphatic heterocycles. The lowest BCUT2D eigenvalue weighted by Gasteiger charge is -2.29. The first-order valence-corrected chi connectivity index (χ1v) is 18.5. The minimum atomic E-state index is -1.01. The first-order chi connectivity index (χ1) is 25.8. The zero-order valence-electron chi connectivity index (χ0n) is 29.6. The predicted molar refractivity (Wildman–Crippen MR) is 197 cm³/mol. The molecule has 0 aliphatic carbocycles. The maximum Gasteiger partial charge on any atom is 0.261 e. The number of imide groups is 2. The van der Waals surface area contributed by atoms with Crippen molar-refractivity contribution in [3.05, 3.63) is 116 Å². The van der Waals surface area contributed by atoms with Crippen molar-refractivity contribution in [1.29, 1.82) is 0 Å². The average molecular weight is 730 g/mol. The molecule has 270 valence electrons. The number of carbonyl (C=O) groups excluding carboxylic acids is 4. The highest BCUT2D eigenvalue weighted by Crippen LogP contribution is 2.37. The summed E-state index contributed by atoms with van der Waals surface area (Å²) < 4.78 is 10.0. The van der Waals surface area contributed by atoms with Crippen LogP contribution in [-0.4, -0.2) is 59.6 Å². The largest absolute Gasteiger partial charge is 0.369 e. The van der Waals surface area contributed by atoms with Gasteiger partial charge in [0.15, 0.2) is 5.82 Å². The van der Waals surface area contributed by atoms with Crippen LogP contribution in [0.5, 0.6) is 0 Å². The molecule has 1 atom stereocenters. The van der Waals surface area contributed by atoms with E-state index in [-0.39, 0.29) is 12.8 Å².